The van der Waals surface area contributed by atoms with Gasteiger partial charge in [-0.2, -0.15) is 0 Å². The maximum absolute atomic E-state index is 6.24. The molecular formula is C17H18ClNO. The Labute approximate surface area is 124 Å². The smallest absolute Gasteiger partial charge is 0.0999 e. The molecule has 0 saturated carbocycles. The summed E-state index contributed by atoms with van der Waals surface area (Å²) in [6.07, 6.45) is 1.09. The SMILES string of the molecule is Cc1cccc(Cl)c1NCC1OCCc2ccccc21. The zero-order valence-corrected chi connectivity index (χ0v) is 12.3. The molecule has 2 aromatic carbocycles. The Hall–Kier alpha value is -1.51. The molecule has 2 aromatic rings. The average molecular weight is 288 g/mol. The van der Waals surface area contributed by atoms with E-state index in [0.29, 0.717) is 0 Å². The van der Waals surface area contributed by atoms with Gasteiger partial charge < -0.3 is 10.1 Å². The first kappa shape index (κ1) is 13.5. The topological polar surface area (TPSA) is 21.3 Å². The van der Waals surface area contributed by atoms with E-state index >= 15 is 0 Å². The van der Waals surface area contributed by atoms with Crippen molar-refractivity contribution in [1.29, 1.82) is 0 Å². The molecule has 0 spiro atoms. The second-order valence-electron chi connectivity index (χ2n) is 5.12. The highest BCUT2D eigenvalue weighted by atomic mass is 35.5. The number of fused-ring (bicyclic) bond motifs is 1. The number of aryl methyl sites for hydroxylation is 1. The predicted octanol–water partition coefficient (Wildman–Crippen LogP) is 4.37. The van der Waals surface area contributed by atoms with Gasteiger partial charge >= 0.3 is 0 Å². The number of rotatable bonds is 3. The van der Waals surface area contributed by atoms with Gasteiger partial charge in [-0.05, 0) is 36.1 Å². The summed E-state index contributed by atoms with van der Waals surface area (Å²) in [5.74, 6) is 0. The molecule has 1 aliphatic heterocycles. The van der Waals surface area contributed by atoms with Crippen LogP contribution in [0.2, 0.25) is 5.02 Å². The van der Waals surface area contributed by atoms with Gasteiger partial charge in [0.2, 0.25) is 0 Å². The fourth-order valence-corrected chi connectivity index (χ4v) is 2.98. The van der Waals surface area contributed by atoms with E-state index in [1.165, 1.54) is 11.1 Å². The van der Waals surface area contributed by atoms with E-state index in [4.69, 9.17) is 16.3 Å². The molecule has 0 saturated heterocycles. The minimum atomic E-state index is 0.0932. The lowest BCUT2D eigenvalue weighted by molar-refractivity contribution is 0.0513. The fourth-order valence-electron chi connectivity index (χ4n) is 2.70. The number of para-hydroxylation sites is 1. The van der Waals surface area contributed by atoms with Crippen LogP contribution in [-0.2, 0) is 11.2 Å². The quantitative estimate of drug-likeness (QED) is 0.905. The van der Waals surface area contributed by atoms with E-state index in [2.05, 4.69) is 42.6 Å². The van der Waals surface area contributed by atoms with Crippen LogP contribution in [0.4, 0.5) is 5.69 Å². The Morgan fingerprint density at radius 3 is 2.90 bits per heavy atom. The van der Waals surface area contributed by atoms with Gasteiger partial charge in [-0.3, -0.25) is 0 Å². The third-order valence-corrected chi connectivity index (χ3v) is 4.09. The van der Waals surface area contributed by atoms with Crippen LogP contribution in [-0.4, -0.2) is 13.2 Å². The number of hydrogen-bond acceptors (Lipinski definition) is 2. The molecule has 1 atom stereocenters. The molecule has 2 nitrogen and oxygen atoms in total. The number of nitrogens with one attached hydrogen (secondary N) is 1. The van der Waals surface area contributed by atoms with Crippen molar-refractivity contribution in [2.75, 3.05) is 18.5 Å². The van der Waals surface area contributed by atoms with E-state index < -0.39 is 0 Å². The van der Waals surface area contributed by atoms with Crippen LogP contribution in [0.3, 0.4) is 0 Å². The molecule has 0 radical (unpaired) electrons. The monoisotopic (exact) mass is 287 g/mol. The summed E-state index contributed by atoms with van der Waals surface area (Å²) in [7, 11) is 0. The van der Waals surface area contributed by atoms with Crippen LogP contribution >= 0.6 is 11.6 Å². The molecular weight excluding hydrogens is 270 g/mol. The minimum absolute atomic E-state index is 0.0932. The number of anilines is 1. The summed E-state index contributed by atoms with van der Waals surface area (Å²) in [5.41, 5.74) is 4.83. The maximum atomic E-state index is 6.24. The molecule has 0 aromatic heterocycles. The summed E-state index contributed by atoms with van der Waals surface area (Å²) in [4.78, 5) is 0. The van der Waals surface area contributed by atoms with Crippen LogP contribution in [0, 0.1) is 6.92 Å². The average Bonchev–Trinajstić information content (AvgIpc) is 2.47. The fraction of sp³-hybridized carbons (Fsp3) is 0.294. The van der Waals surface area contributed by atoms with E-state index in [1.807, 2.05) is 12.1 Å². The number of ether oxygens (including phenoxy) is 1. The van der Waals surface area contributed by atoms with E-state index in [1.54, 1.807) is 0 Å². The first-order valence-electron chi connectivity index (χ1n) is 6.94. The van der Waals surface area contributed by atoms with Crippen molar-refractivity contribution >= 4 is 17.3 Å². The molecule has 3 rings (SSSR count). The highest BCUT2D eigenvalue weighted by Crippen LogP contribution is 2.30. The minimum Gasteiger partial charge on any atom is -0.381 e. The van der Waals surface area contributed by atoms with Crippen LogP contribution < -0.4 is 5.32 Å². The summed E-state index contributed by atoms with van der Waals surface area (Å²) in [6.45, 7) is 3.58. The molecule has 0 aliphatic carbocycles. The lowest BCUT2D eigenvalue weighted by Crippen LogP contribution is -2.23. The molecule has 0 amide bonds. The molecule has 3 heteroatoms. The number of hydrogen-bond donors (Lipinski definition) is 1. The van der Waals surface area contributed by atoms with Gasteiger partial charge in [0.1, 0.15) is 0 Å². The predicted molar refractivity (Wildman–Crippen MR) is 83.5 cm³/mol. The van der Waals surface area contributed by atoms with Crippen molar-refractivity contribution < 1.29 is 4.74 Å². The number of halogens is 1. The van der Waals surface area contributed by atoms with Crippen molar-refractivity contribution in [2.45, 2.75) is 19.4 Å². The van der Waals surface area contributed by atoms with Crippen molar-refractivity contribution in [3.63, 3.8) is 0 Å². The third kappa shape index (κ3) is 2.67. The van der Waals surface area contributed by atoms with Crippen molar-refractivity contribution in [2.24, 2.45) is 0 Å². The van der Waals surface area contributed by atoms with Gasteiger partial charge in [0.15, 0.2) is 0 Å². The Kier molecular flexibility index (Phi) is 3.95. The summed E-state index contributed by atoms with van der Waals surface area (Å²) in [5, 5.41) is 4.19. The van der Waals surface area contributed by atoms with Gasteiger partial charge in [-0.1, -0.05) is 48.0 Å². The molecule has 104 valence electrons. The lowest BCUT2D eigenvalue weighted by Gasteiger charge is -2.27. The van der Waals surface area contributed by atoms with Crippen LogP contribution in [0.15, 0.2) is 42.5 Å². The second-order valence-corrected chi connectivity index (χ2v) is 5.53. The second kappa shape index (κ2) is 5.86. The van der Waals surface area contributed by atoms with Gasteiger partial charge in [0, 0.05) is 6.54 Å². The van der Waals surface area contributed by atoms with Gasteiger partial charge in [0.25, 0.3) is 0 Å². The van der Waals surface area contributed by atoms with Gasteiger partial charge in [-0.15, -0.1) is 0 Å². The van der Waals surface area contributed by atoms with E-state index in [9.17, 15) is 0 Å². The Bertz CT molecular complexity index is 591. The summed E-state index contributed by atoms with van der Waals surface area (Å²) < 4.78 is 5.90. The largest absolute Gasteiger partial charge is 0.381 e. The molecule has 1 heterocycles. The van der Waals surface area contributed by atoms with Crippen LogP contribution in [0.1, 0.15) is 22.8 Å². The molecule has 1 unspecified atom stereocenters. The van der Waals surface area contributed by atoms with Gasteiger partial charge in [0.05, 0.1) is 23.4 Å². The first-order valence-corrected chi connectivity index (χ1v) is 7.32. The van der Waals surface area contributed by atoms with Crippen LogP contribution in [0.25, 0.3) is 0 Å². The Balaban J connectivity index is 1.77. The molecule has 20 heavy (non-hydrogen) atoms. The maximum Gasteiger partial charge on any atom is 0.0999 e. The normalized spacial score (nSPS) is 17.6. The zero-order chi connectivity index (χ0) is 13.9. The third-order valence-electron chi connectivity index (χ3n) is 3.78. The summed E-state index contributed by atoms with van der Waals surface area (Å²) >= 11 is 6.24. The van der Waals surface area contributed by atoms with Crippen molar-refractivity contribution in [3.05, 3.63) is 64.2 Å². The molecule has 1 aliphatic rings. The molecule has 1 N–H and O–H groups in total. The highest BCUT2D eigenvalue weighted by Gasteiger charge is 2.20. The van der Waals surface area contributed by atoms with E-state index in [0.717, 1.165) is 35.8 Å². The molecule has 0 bridgehead atoms. The lowest BCUT2D eigenvalue weighted by atomic mass is 9.97. The highest BCUT2D eigenvalue weighted by molar-refractivity contribution is 6.33. The standard InChI is InChI=1S/C17H18ClNO/c1-12-5-4-8-15(18)17(12)19-11-16-14-7-3-2-6-13(14)9-10-20-16/h2-8,16,19H,9-11H2,1H3. The molecule has 0 fully saturated rings. The number of benzene rings is 2. The summed E-state index contributed by atoms with van der Waals surface area (Å²) in [6, 6.07) is 14.4. The van der Waals surface area contributed by atoms with Crippen molar-refractivity contribution in [3.8, 4) is 0 Å². The Morgan fingerprint density at radius 2 is 2.05 bits per heavy atom. The van der Waals surface area contributed by atoms with Crippen molar-refractivity contribution in [1.82, 2.24) is 0 Å². The first-order chi connectivity index (χ1) is 9.75. The van der Waals surface area contributed by atoms with Gasteiger partial charge in [-0.25, -0.2) is 0 Å². The zero-order valence-electron chi connectivity index (χ0n) is 11.5. The Morgan fingerprint density at radius 1 is 1.20 bits per heavy atom. The van der Waals surface area contributed by atoms with E-state index in [-0.39, 0.29) is 6.10 Å². The van der Waals surface area contributed by atoms with Crippen LogP contribution in [0.5, 0.6) is 0 Å².